The Morgan fingerprint density at radius 2 is 1.96 bits per heavy atom. The van der Waals surface area contributed by atoms with Gasteiger partial charge in [-0.1, -0.05) is 0 Å². The second-order valence-electron chi connectivity index (χ2n) is 5.37. The van der Waals surface area contributed by atoms with Gasteiger partial charge in [0.05, 0.1) is 5.69 Å². The number of aryl methyl sites for hydroxylation is 2. The highest BCUT2D eigenvalue weighted by Crippen LogP contribution is 2.15. The minimum absolute atomic E-state index is 0.150. The summed E-state index contributed by atoms with van der Waals surface area (Å²) in [5.41, 5.74) is 3.12. The normalized spacial score (nSPS) is 10.8. The summed E-state index contributed by atoms with van der Waals surface area (Å²) >= 11 is 0. The average Bonchev–Trinajstić information content (AvgIpc) is 3.12. The Hall–Kier alpha value is -3.10. The second-order valence-corrected chi connectivity index (χ2v) is 5.37. The van der Waals surface area contributed by atoms with Crippen molar-refractivity contribution in [2.45, 2.75) is 26.7 Å². The minimum Gasteiger partial charge on any atom is -0.294 e. The van der Waals surface area contributed by atoms with Crippen molar-refractivity contribution in [2.24, 2.45) is 7.05 Å². The van der Waals surface area contributed by atoms with E-state index in [-0.39, 0.29) is 5.91 Å². The Balaban J connectivity index is 1.67. The summed E-state index contributed by atoms with van der Waals surface area (Å²) in [6.07, 6.45) is 5.50. The summed E-state index contributed by atoms with van der Waals surface area (Å²) in [7, 11) is 1.90. The molecule has 0 saturated heterocycles. The van der Waals surface area contributed by atoms with Crippen molar-refractivity contribution in [3.63, 3.8) is 0 Å². The first-order valence-corrected chi connectivity index (χ1v) is 7.52. The van der Waals surface area contributed by atoms with Crippen molar-refractivity contribution in [3.05, 3.63) is 41.7 Å². The van der Waals surface area contributed by atoms with Gasteiger partial charge in [-0.3, -0.25) is 14.8 Å². The first-order valence-electron chi connectivity index (χ1n) is 7.52. The van der Waals surface area contributed by atoms with E-state index in [1.54, 1.807) is 18.5 Å². The second kappa shape index (κ2) is 6.57. The summed E-state index contributed by atoms with van der Waals surface area (Å²) in [4.78, 5) is 24.5. The van der Waals surface area contributed by atoms with E-state index >= 15 is 0 Å². The maximum Gasteiger partial charge on any atom is 0.253 e. The van der Waals surface area contributed by atoms with E-state index in [1.165, 1.54) is 11.0 Å². The van der Waals surface area contributed by atoms with Gasteiger partial charge in [0.25, 0.3) is 5.95 Å². The molecule has 0 saturated carbocycles. The number of nitrogens with zero attached hydrogens (tertiary/aromatic N) is 7. The lowest BCUT2D eigenvalue weighted by Gasteiger charge is -2.06. The molecule has 0 radical (unpaired) electrons. The van der Waals surface area contributed by atoms with E-state index < -0.39 is 0 Å². The van der Waals surface area contributed by atoms with E-state index in [1.807, 2.05) is 25.6 Å². The minimum atomic E-state index is -0.150. The van der Waals surface area contributed by atoms with E-state index in [2.05, 4.69) is 30.5 Å². The zero-order chi connectivity index (χ0) is 17.1. The zero-order valence-electron chi connectivity index (χ0n) is 13.8. The molecule has 1 amide bonds. The molecular formula is C15H18N8O. The number of rotatable bonds is 5. The fourth-order valence-corrected chi connectivity index (χ4v) is 2.48. The predicted octanol–water partition coefficient (Wildman–Crippen LogP) is 0.979. The SMILES string of the molecule is Cc1nn(C)c(C)c1CCC(=O)Nc1ncnn1-c1ncccn1. The van der Waals surface area contributed by atoms with Gasteiger partial charge in [0.15, 0.2) is 0 Å². The molecule has 9 nitrogen and oxygen atoms in total. The largest absolute Gasteiger partial charge is 0.294 e. The molecule has 0 fully saturated rings. The average molecular weight is 326 g/mol. The standard InChI is InChI=1S/C15H18N8O/c1-10-12(11(2)22(3)21-10)5-6-13(24)20-15-18-9-19-23(15)14-16-7-4-8-17-14/h4,7-9H,5-6H2,1-3H3,(H,18,19,20,24). The molecule has 0 aromatic carbocycles. The third kappa shape index (κ3) is 3.14. The molecule has 9 heteroatoms. The van der Waals surface area contributed by atoms with Gasteiger partial charge in [0.1, 0.15) is 6.33 Å². The third-order valence-electron chi connectivity index (χ3n) is 3.80. The fourth-order valence-electron chi connectivity index (χ4n) is 2.48. The zero-order valence-corrected chi connectivity index (χ0v) is 13.8. The summed E-state index contributed by atoms with van der Waals surface area (Å²) in [6.45, 7) is 3.94. The van der Waals surface area contributed by atoms with Crippen molar-refractivity contribution in [1.29, 1.82) is 0 Å². The number of hydrogen-bond acceptors (Lipinski definition) is 6. The molecule has 0 aliphatic heterocycles. The van der Waals surface area contributed by atoms with Gasteiger partial charge in [-0.15, -0.1) is 0 Å². The number of carbonyl (C=O) groups is 1. The van der Waals surface area contributed by atoms with Crippen LogP contribution in [0.25, 0.3) is 5.95 Å². The van der Waals surface area contributed by atoms with Gasteiger partial charge in [-0.2, -0.15) is 19.9 Å². The van der Waals surface area contributed by atoms with Crippen LogP contribution in [0.1, 0.15) is 23.4 Å². The molecule has 3 aromatic rings. The molecule has 3 aromatic heterocycles. The Kier molecular flexibility index (Phi) is 4.32. The van der Waals surface area contributed by atoms with Crippen molar-refractivity contribution < 1.29 is 4.79 Å². The molecule has 3 rings (SSSR count). The van der Waals surface area contributed by atoms with Crippen LogP contribution in [0.5, 0.6) is 0 Å². The first-order chi connectivity index (χ1) is 11.6. The van der Waals surface area contributed by atoms with Crippen LogP contribution in [0.15, 0.2) is 24.8 Å². The maximum absolute atomic E-state index is 12.2. The van der Waals surface area contributed by atoms with Crippen molar-refractivity contribution in [3.8, 4) is 5.95 Å². The lowest BCUT2D eigenvalue weighted by Crippen LogP contribution is -2.17. The van der Waals surface area contributed by atoms with Crippen LogP contribution in [-0.4, -0.2) is 40.4 Å². The van der Waals surface area contributed by atoms with Crippen LogP contribution in [0, 0.1) is 13.8 Å². The summed E-state index contributed by atoms with van der Waals surface area (Å²) in [6, 6.07) is 1.71. The monoisotopic (exact) mass is 326 g/mol. The Morgan fingerprint density at radius 1 is 1.21 bits per heavy atom. The van der Waals surface area contributed by atoms with Crippen LogP contribution >= 0.6 is 0 Å². The maximum atomic E-state index is 12.2. The van der Waals surface area contributed by atoms with E-state index in [9.17, 15) is 4.79 Å². The molecule has 0 bridgehead atoms. The van der Waals surface area contributed by atoms with Crippen LogP contribution in [0.2, 0.25) is 0 Å². The molecule has 124 valence electrons. The van der Waals surface area contributed by atoms with E-state index in [0.717, 1.165) is 17.0 Å². The Labute approximate surface area is 138 Å². The molecule has 0 spiro atoms. The fraction of sp³-hybridized carbons (Fsp3) is 0.333. The lowest BCUT2D eigenvalue weighted by molar-refractivity contribution is -0.116. The van der Waals surface area contributed by atoms with Gasteiger partial charge in [0.2, 0.25) is 11.9 Å². The van der Waals surface area contributed by atoms with Crippen molar-refractivity contribution in [2.75, 3.05) is 5.32 Å². The Morgan fingerprint density at radius 3 is 2.62 bits per heavy atom. The molecule has 0 unspecified atom stereocenters. The lowest BCUT2D eigenvalue weighted by atomic mass is 10.1. The number of hydrogen-bond donors (Lipinski definition) is 1. The van der Waals surface area contributed by atoms with Crippen molar-refractivity contribution >= 4 is 11.9 Å². The molecular weight excluding hydrogens is 308 g/mol. The summed E-state index contributed by atoms with van der Waals surface area (Å²) in [5.74, 6) is 0.498. The molecule has 0 atom stereocenters. The topological polar surface area (TPSA) is 103 Å². The smallest absolute Gasteiger partial charge is 0.253 e. The highest BCUT2D eigenvalue weighted by molar-refractivity contribution is 5.89. The number of amides is 1. The van der Waals surface area contributed by atoms with Gasteiger partial charge in [-0.25, -0.2) is 9.97 Å². The molecule has 0 aliphatic rings. The quantitative estimate of drug-likeness (QED) is 0.749. The van der Waals surface area contributed by atoms with Crippen LogP contribution in [-0.2, 0) is 18.3 Å². The van der Waals surface area contributed by atoms with Crippen LogP contribution in [0.4, 0.5) is 5.95 Å². The van der Waals surface area contributed by atoms with Gasteiger partial charge in [-0.05, 0) is 31.9 Å². The Bertz CT molecular complexity index is 852. The van der Waals surface area contributed by atoms with Gasteiger partial charge < -0.3 is 0 Å². The molecule has 3 heterocycles. The molecule has 24 heavy (non-hydrogen) atoms. The van der Waals surface area contributed by atoms with Gasteiger partial charge >= 0.3 is 0 Å². The third-order valence-corrected chi connectivity index (χ3v) is 3.80. The highest BCUT2D eigenvalue weighted by Gasteiger charge is 2.14. The van der Waals surface area contributed by atoms with E-state index in [4.69, 9.17) is 0 Å². The van der Waals surface area contributed by atoms with Crippen molar-refractivity contribution in [1.82, 2.24) is 34.5 Å². The number of carbonyl (C=O) groups excluding carboxylic acids is 1. The predicted molar refractivity (Wildman–Crippen MR) is 86.6 cm³/mol. The summed E-state index contributed by atoms with van der Waals surface area (Å²) in [5, 5.41) is 11.2. The van der Waals surface area contributed by atoms with Crippen LogP contribution in [0.3, 0.4) is 0 Å². The van der Waals surface area contributed by atoms with Crippen LogP contribution < -0.4 is 5.32 Å². The molecule has 1 N–H and O–H groups in total. The number of anilines is 1. The molecule has 0 aliphatic carbocycles. The number of nitrogens with one attached hydrogen (secondary N) is 1. The number of aromatic nitrogens is 7. The summed E-state index contributed by atoms with van der Waals surface area (Å²) < 4.78 is 3.21. The van der Waals surface area contributed by atoms with E-state index in [0.29, 0.717) is 24.7 Å². The first kappa shape index (κ1) is 15.8. The highest BCUT2D eigenvalue weighted by atomic mass is 16.1. The van der Waals surface area contributed by atoms with Gasteiger partial charge in [0, 0.05) is 31.6 Å².